The first kappa shape index (κ1) is 12.7. The summed E-state index contributed by atoms with van der Waals surface area (Å²) in [5, 5.41) is 3.62. The molecular weight excluding hydrogens is 237 g/mol. The lowest BCUT2D eigenvalue weighted by molar-refractivity contribution is 0.217. The van der Waals surface area contributed by atoms with Crippen molar-refractivity contribution >= 4 is 17.3 Å². The Morgan fingerprint density at radius 2 is 2.12 bits per heavy atom. The molecule has 0 heterocycles. The van der Waals surface area contributed by atoms with E-state index < -0.39 is 0 Å². The van der Waals surface area contributed by atoms with Gasteiger partial charge in [-0.15, -0.1) is 0 Å². The first-order valence-electron chi connectivity index (χ1n) is 6.21. The lowest BCUT2D eigenvalue weighted by Crippen LogP contribution is -2.38. The molecular formula is C14H19ClFN. The fourth-order valence-electron chi connectivity index (χ4n) is 2.55. The van der Waals surface area contributed by atoms with Gasteiger partial charge in [-0.05, 0) is 36.5 Å². The van der Waals surface area contributed by atoms with Crippen molar-refractivity contribution in [2.45, 2.75) is 45.6 Å². The third kappa shape index (κ3) is 2.92. The molecule has 3 heteroatoms. The Labute approximate surface area is 107 Å². The molecule has 0 amide bonds. The van der Waals surface area contributed by atoms with E-state index >= 15 is 0 Å². The number of benzene rings is 1. The van der Waals surface area contributed by atoms with Crippen molar-refractivity contribution < 1.29 is 4.39 Å². The van der Waals surface area contributed by atoms with E-state index in [-0.39, 0.29) is 16.3 Å². The van der Waals surface area contributed by atoms with Crippen LogP contribution in [0.1, 0.15) is 39.5 Å². The Hall–Kier alpha value is -0.760. The molecule has 1 aliphatic carbocycles. The molecule has 1 aliphatic rings. The second-order valence-corrected chi connectivity index (χ2v) is 5.97. The topological polar surface area (TPSA) is 12.0 Å². The van der Waals surface area contributed by atoms with Crippen LogP contribution in [0.2, 0.25) is 5.02 Å². The number of hydrogen-bond donors (Lipinski definition) is 1. The van der Waals surface area contributed by atoms with Crippen molar-refractivity contribution in [3.05, 3.63) is 29.0 Å². The van der Waals surface area contributed by atoms with Crippen molar-refractivity contribution in [1.29, 1.82) is 0 Å². The fraction of sp³-hybridized carbons (Fsp3) is 0.571. The summed E-state index contributed by atoms with van der Waals surface area (Å²) in [5.74, 6) is -0.356. The lowest BCUT2D eigenvalue weighted by atomic mass is 9.73. The van der Waals surface area contributed by atoms with Crippen molar-refractivity contribution in [2.24, 2.45) is 5.41 Å². The molecule has 17 heavy (non-hydrogen) atoms. The van der Waals surface area contributed by atoms with Gasteiger partial charge in [-0.25, -0.2) is 4.39 Å². The normalized spacial score (nSPS) is 23.4. The molecule has 1 saturated carbocycles. The molecule has 0 spiro atoms. The summed E-state index contributed by atoms with van der Waals surface area (Å²) in [6, 6.07) is 5.34. The minimum absolute atomic E-state index is 0.179. The minimum Gasteiger partial charge on any atom is -0.382 e. The largest absolute Gasteiger partial charge is 0.382 e. The maximum absolute atomic E-state index is 13.4. The Morgan fingerprint density at radius 1 is 1.35 bits per heavy atom. The van der Waals surface area contributed by atoms with Gasteiger partial charge in [0.2, 0.25) is 0 Å². The minimum atomic E-state index is -0.356. The number of hydrogen-bond acceptors (Lipinski definition) is 1. The van der Waals surface area contributed by atoms with Crippen LogP contribution in [0.15, 0.2) is 18.2 Å². The van der Waals surface area contributed by atoms with Crippen LogP contribution in [0.4, 0.5) is 10.1 Å². The standard InChI is InChI=1S/C14H19ClFN/c1-14(2)8-4-3-5-13(14)17-10-6-7-11(15)12(16)9-10/h6-7,9,13,17H,3-5,8H2,1-2H3. The maximum Gasteiger partial charge on any atom is 0.143 e. The Kier molecular flexibility index (Phi) is 3.62. The van der Waals surface area contributed by atoms with Gasteiger partial charge in [-0.2, -0.15) is 0 Å². The SMILES string of the molecule is CC1(C)CCCCC1Nc1ccc(Cl)c(F)c1. The van der Waals surface area contributed by atoms with Crippen molar-refractivity contribution in [3.63, 3.8) is 0 Å². The predicted molar refractivity (Wildman–Crippen MR) is 71.1 cm³/mol. The van der Waals surface area contributed by atoms with Crippen LogP contribution in [0.25, 0.3) is 0 Å². The van der Waals surface area contributed by atoms with Gasteiger partial charge in [0.05, 0.1) is 5.02 Å². The molecule has 2 rings (SSSR count). The van der Waals surface area contributed by atoms with E-state index in [4.69, 9.17) is 11.6 Å². The van der Waals surface area contributed by atoms with E-state index in [1.54, 1.807) is 6.07 Å². The van der Waals surface area contributed by atoms with Gasteiger partial charge in [-0.3, -0.25) is 0 Å². The average molecular weight is 256 g/mol. The summed E-state index contributed by atoms with van der Waals surface area (Å²) in [7, 11) is 0. The summed E-state index contributed by atoms with van der Waals surface area (Å²) >= 11 is 5.68. The highest BCUT2D eigenvalue weighted by Gasteiger charge is 2.31. The van der Waals surface area contributed by atoms with Gasteiger partial charge in [0, 0.05) is 11.7 Å². The van der Waals surface area contributed by atoms with Gasteiger partial charge >= 0.3 is 0 Å². The third-order valence-electron chi connectivity index (χ3n) is 3.77. The molecule has 1 nitrogen and oxygen atoms in total. The van der Waals surface area contributed by atoms with Crippen LogP contribution in [0.3, 0.4) is 0 Å². The molecule has 1 aromatic carbocycles. The quantitative estimate of drug-likeness (QED) is 0.796. The second-order valence-electron chi connectivity index (χ2n) is 5.56. The van der Waals surface area contributed by atoms with E-state index in [1.165, 1.54) is 25.3 Å². The number of anilines is 1. The average Bonchev–Trinajstić information content (AvgIpc) is 2.26. The summed E-state index contributed by atoms with van der Waals surface area (Å²) in [6.07, 6.45) is 4.91. The fourth-order valence-corrected chi connectivity index (χ4v) is 2.67. The predicted octanol–water partition coefficient (Wildman–Crippen LogP) is 4.86. The first-order valence-corrected chi connectivity index (χ1v) is 6.58. The first-order chi connectivity index (χ1) is 7.99. The van der Waals surface area contributed by atoms with Gasteiger partial charge in [-0.1, -0.05) is 38.3 Å². The van der Waals surface area contributed by atoms with Crippen molar-refractivity contribution in [1.82, 2.24) is 0 Å². The van der Waals surface area contributed by atoms with Crippen molar-refractivity contribution in [2.75, 3.05) is 5.32 Å². The van der Waals surface area contributed by atoms with E-state index in [1.807, 2.05) is 6.07 Å². The zero-order valence-corrected chi connectivity index (χ0v) is 11.1. The third-order valence-corrected chi connectivity index (χ3v) is 4.07. The van der Waals surface area contributed by atoms with Crippen LogP contribution < -0.4 is 5.32 Å². The van der Waals surface area contributed by atoms with E-state index in [2.05, 4.69) is 19.2 Å². The summed E-state index contributed by atoms with van der Waals surface area (Å²) in [5.41, 5.74) is 1.10. The second kappa shape index (κ2) is 4.85. The molecule has 1 fully saturated rings. The number of rotatable bonds is 2. The highest BCUT2D eigenvalue weighted by molar-refractivity contribution is 6.30. The Balaban J connectivity index is 2.11. The van der Waals surface area contributed by atoms with E-state index in [0.29, 0.717) is 6.04 Å². The molecule has 0 bridgehead atoms. The molecule has 0 radical (unpaired) electrons. The van der Waals surface area contributed by atoms with Crippen LogP contribution in [-0.4, -0.2) is 6.04 Å². The van der Waals surface area contributed by atoms with Crippen LogP contribution in [-0.2, 0) is 0 Å². The lowest BCUT2D eigenvalue weighted by Gasteiger charge is -2.39. The molecule has 1 atom stereocenters. The monoisotopic (exact) mass is 255 g/mol. The molecule has 94 valence electrons. The Morgan fingerprint density at radius 3 is 2.76 bits per heavy atom. The molecule has 0 aromatic heterocycles. The van der Waals surface area contributed by atoms with Crippen molar-refractivity contribution in [3.8, 4) is 0 Å². The zero-order valence-electron chi connectivity index (χ0n) is 10.4. The molecule has 0 aliphatic heterocycles. The smallest absolute Gasteiger partial charge is 0.143 e. The number of halogens is 2. The van der Waals surface area contributed by atoms with Crippen LogP contribution in [0, 0.1) is 11.2 Å². The summed E-state index contributed by atoms with van der Waals surface area (Å²) in [6.45, 7) is 4.55. The maximum atomic E-state index is 13.4. The Bertz CT molecular complexity index is 403. The van der Waals surface area contributed by atoms with Gasteiger partial charge in [0.1, 0.15) is 5.82 Å². The van der Waals surface area contributed by atoms with E-state index in [9.17, 15) is 4.39 Å². The molecule has 1 aromatic rings. The van der Waals surface area contributed by atoms with Gasteiger partial charge in [0.25, 0.3) is 0 Å². The van der Waals surface area contributed by atoms with Gasteiger partial charge in [0.15, 0.2) is 0 Å². The van der Waals surface area contributed by atoms with E-state index in [0.717, 1.165) is 12.1 Å². The highest BCUT2D eigenvalue weighted by atomic mass is 35.5. The summed E-state index contributed by atoms with van der Waals surface area (Å²) < 4.78 is 13.4. The summed E-state index contributed by atoms with van der Waals surface area (Å²) in [4.78, 5) is 0. The molecule has 1 N–H and O–H groups in total. The molecule has 1 unspecified atom stereocenters. The van der Waals surface area contributed by atoms with Gasteiger partial charge < -0.3 is 5.32 Å². The molecule has 0 saturated heterocycles. The zero-order chi connectivity index (χ0) is 12.5. The number of nitrogens with one attached hydrogen (secondary N) is 1. The van der Waals surface area contributed by atoms with Crippen LogP contribution >= 0.6 is 11.6 Å². The highest BCUT2D eigenvalue weighted by Crippen LogP contribution is 2.37. The van der Waals surface area contributed by atoms with Crippen LogP contribution in [0.5, 0.6) is 0 Å².